The minimum atomic E-state index is -0.397. The Kier molecular flexibility index (Phi) is 5.80. The molecule has 9 heteroatoms. The number of pyridine rings is 1. The molecule has 0 bridgehead atoms. The van der Waals surface area contributed by atoms with Crippen molar-refractivity contribution in [2.45, 2.75) is 17.3 Å². The van der Waals surface area contributed by atoms with E-state index in [1.54, 1.807) is 37.5 Å². The molecule has 0 fully saturated rings. The maximum atomic E-state index is 12.5. The van der Waals surface area contributed by atoms with E-state index < -0.39 is 5.25 Å². The molecular formula is C17H15Cl2N5OS. The van der Waals surface area contributed by atoms with E-state index in [9.17, 15) is 4.79 Å². The number of rotatable bonds is 5. The van der Waals surface area contributed by atoms with E-state index in [2.05, 4.69) is 20.5 Å². The van der Waals surface area contributed by atoms with Gasteiger partial charge < -0.3 is 9.88 Å². The first-order valence-electron chi connectivity index (χ1n) is 7.68. The number of thioether (sulfide) groups is 1. The first kappa shape index (κ1) is 18.7. The highest BCUT2D eigenvalue weighted by Crippen LogP contribution is 2.28. The quantitative estimate of drug-likeness (QED) is 0.638. The summed E-state index contributed by atoms with van der Waals surface area (Å²) in [4.78, 5) is 16.5. The lowest BCUT2D eigenvalue weighted by molar-refractivity contribution is -0.115. The van der Waals surface area contributed by atoms with Crippen LogP contribution in [0.15, 0.2) is 47.9 Å². The molecule has 1 aromatic carbocycles. The van der Waals surface area contributed by atoms with Crippen molar-refractivity contribution in [2.24, 2.45) is 7.05 Å². The molecule has 2 aromatic heterocycles. The van der Waals surface area contributed by atoms with Crippen molar-refractivity contribution in [3.8, 4) is 11.4 Å². The van der Waals surface area contributed by atoms with E-state index in [0.717, 1.165) is 5.56 Å². The van der Waals surface area contributed by atoms with Gasteiger partial charge in [-0.05, 0) is 37.3 Å². The van der Waals surface area contributed by atoms with Crippen molar-refractivity contribution in [2.75, 3.05) is 5.32 Å². The summed E-state index contributed by atoms with van der Waals surface area (Å²) in [6.45, 7) is 1.79. The summed E-state index contributed by atoms with van der Waals surface area (Å²) in [6, 6.07) is 8.67. The summed E-state index contributed by atoms with van der Waals surface area (Å²) < 4.78 is 1.83. The van der Waals surface area contributed by atoms with Crippen molar-refractivity contribution in [3.63, 3.8) is 0 Å². The average molecular weight is 408 g/mol. The highest BCUT2D eigenvalue weighted by molar-refractivity contribution is 8.00. The van der Waals surface area contributed by atoms with Crippen LogP contribution in [0.25, 0.3) is 11.4 Å². The maximum Gasteiger partial charge on any atom is 0.237 e. The Morgan fingerprint density at radius 3 is 2.77 bits per heavy atom. The molecule has 0 radical (unpaired) electrons. The number of carbonyl (C=O) groups excluding carboxylic acids is 1. The van der Waals surface area contributed by atoms with Crippen molar-refractivity contribution in [1.29, 1.82) is 0 Å². The number of aromatic nitrogens is 4. The van der Waals surface area contributed by atoms with Crippen LogP contribution < -0.4 is 5.32 Å². The van der Waals surface area contributed by atoms with E-state index in [0.29, 0.717) is 26.7 Å². The fourth-order valence-electron chi connectivity index (χ4n) is 2.20. The molecule has 0 spiro atoms. The lowest BCUT2D eigenvalue weighted by Gasteiger charge is -2.12. The van der Waals surface area contributed by atoms with Crippen LogP contribution >= 0.6 is 35.0 Å². The SMILES string of the molecule is CC(Sc1nnc(-c2cccnc2)n1C)C(=O)Nc1ccc(Cl)cc1Cl. The van der Waals surface area contributed by atoms with Crippen LogP contribution in [0.5, 0.6) is 0 Å². The van der Waals surface area contributed by atoms with Gasteiger partial charge in [-0.1, -0.05) is 35.0 Å². The van der Waals surface area contributed by atoms with Crippen LogP contribution in [0.3, 0.4) is 0 Å². The molecule has 26 heavy (non-hydrogen) atoms. The van der Waals surface area contributed by atoms with E-state index in [-0.39, 0.29) is 5.91 Å². The van der Waals surface area contributed by atoms with E-state index in [1.165, 1.54) is 11.8 Å². The third-order valence-electron chi connectivity index (χ3n) is 3.60. The van der Waals surface area contributed by atoms with Gasteiger partial charge in [-0.25, -0.2) is 0 Å². The molecule has 3 aromatic rings. The number of carbonyl (C=O) groups is 1. The minimum absolute atomic E-state index is 0.190. The fraction of sp³-hybridized carbons (Fsp3) is 0.176. The second-order valence-corrected chi connectivity index (χ2v) is 7.63. The Balaban J connectivity index is 1.71. The predicted octanol–water partition coefficient (Wildman–Crippen LogP) is 4.30. The molecule has 0 saturated heterocycles. The normalized spacial score (nSPS) is 12.0. The van der Waals surface area contributed by atoms with Crippen molar-refractivity contribution < 1.29 is 4.79 Å². The first-order chi connectivity index (χ1) is 12.5. The monoisotopic (exact) mass is 407 g/mol. The van der Waals surface area contributed by atoms with E-state index in [4.69, 9.17) is 23.2 Å². The molecule has 1 amide bonds. The zero-order valence-electron chi connectivity index (χ0n) is 14.0. The summed E-state index contributed by atoms with van der Waals surface area (Å²) in [5.74, 6) is 0.499. The van der Waals surface area contributed by atoms with Crippen LogP contribution in [-0.4, -0.2) is 30.9 Å². The number of benzene rings is 1. The standard InChI is InChI=1S/C17H15Cl2N5OS/c1-10(16(25)21-14-6-5-12(18)8-13(14)19)26-17-23-22-15(24(17)2)11-4-3-7-20-9-11/h3-10H,1-2H3,(H,21,25). The molecule has 2 heterocycles. The third kappa shape index (κ3) is 4.17. The number of nitrogens with zero attached hydrogens (tertiary/aromatic N) is 4. The Labute approximate surface area is 164 Å². The van der Waals surface area contributed by atoms with Gasteiger partial charge in [0.1, 0.15) is 0 Å². The molecule has 6 nitrogen and oxygen atoms in total. The molecule has 0 aliphatic rings. The zero-order chi connectivity index (χ0) is 18.7. The van der Waals surface area contributed by atoms with Gasteiger partial charge in [-0.2, -0.15) is 0 Å². The van der Waals surface area contributed by atoms with Gasteiger partial charge >= 0.3 is 0 Å². The molecule has 0 saturated carbocycles. The molecule has 1 unspecified atom stereocenters. The van der Waals surface area contributed by atoms with Gasteiger partial charge in [0, 0.05) is 30.0 Å². The number of amides is 1. The van der Waals surface area contributed by atoms with Gasteiger partial charge in [0.25, 0.3) is 0 Å². The third-order valence-corrected chi connectivity index (χ3v) is 5.28. The Hall–Kier alpha value is -2.09. The summed E-state index contributed by atoms with van der Waals surface area (Å²) in [7, 11) is 1.85. The summed E-state index contributed by atoms with van der Waals surface area (Å²) >= 11 is 13.3. The first-order valence-corrected chi connectivity index (χ1v) is 9.31. The lowest BCUT2D eigenvalue weighted by atomic mass is 10.3. The van der Waals surface area contributed by atoms with E-state index in [1.807, 2.05) is 23.7 Å². The van der Waals surface area contributed by atoms with Crippen LogP contribution in [0.1, 0.15) is 6.92 Å². The smallest absolute Gasteiger partial charge is 0.237 e. The Morgan fingerprint density at radius 2 is 2.08 bits per heavy atom. The van der Waals surface area contributed by atoms with Gasteiger partial charge in [0.05, 0.1) is 16.0 Å². The van der Waals surface area contributed by atoms with Gasteiger partial charge in [0.2, 0.25) is 5.91 Å². The van der Waals surface area contributed by atoms with Crippen molar-refractivity contribution in [1.82, 2.24) is 19.7 Å². The van der Waals surface area contributed by atoms with Crippen molar-refractivity contribution >= 4 is 46.6 Å². The molecule has 134 valence electrons. The molecular weight excluding hydrogens is 393 g/mol. The van der Waals surface area contributed by atoms with Crippen LogP contribution in [-0.2, 0) is 11.8 Å². The topological polar surface area (TPSA) is 72.7 Å². The number of hydrogen-bond acceptors (Lipinski definition) is 5. The van der Waals surface area contributed by atoms with E-state index >= 15 is 0 Å². The van der Waals surface area contributed by atoms with Crippen LogP contribution in [0.4, 0.5) is 5.69 Å². The number of nitrogens with one attached hydrogen (secondary N) is 1. The Morgan fingerprint density at radius 1 is 1.27 bits per heavy atom. The molecule has 0 aliphatic heterocycles. The summed E-state index contributed by atoms with van der Waals surface area (Å²) in [5, 5.41) is 12.3. The number of anilines is 1. The fourth-order valence-corrected chi connectivity index (χ4v) is 3.47. The van der Waals surface area contributed by atoms with Crippen molar-refractivity contribution in [3.05, 3.63) is 52.8 Å². The second-order valence-electron chi connectivity index (χ2n) is 5.48. The van der Waals surface area contributed by atoms with Gasteiger partial charge in [0.15, 0.2) is 11.0 Å². The molecule has 1 atom stereocenters. The summed E-state index contributed by atoms with van der Waals surface area (Å²) in [6.07, 6.45) is 3.42. The highest BCUT2D eigenvalue weighted by atomic mass is 35.5. The maximum absolute atomic E-state index is 12.5. The average Bonchev–Trinajstić information content (AvgIpc) is 2.98. The summed E-state index contributed by atoms with van der Waals surface area (Å²) in [5.41, 5.74) is 1.38. The predicted molar refractivity (Wildman–Crippen MR) is 105 cm³/mol. The number of hydrogen-bond donors (Lipinski definition) is 1. The van der Waals surface area contributed by atoms with Crippen LogP contribution in [0, 0.1) is 0 Å². The second kappa shape index (κ2) is 8.07. The van der Waals surface area contributed by atoms with Crippen LogP contribution in [0.2, 0.25) is 10.0 Å². The minimum Gasteiger partial charge on any atom is -0.324 e. The molecule has 3 rings (SSSR count). The van der Waals surface area contributed by atoms with Gasteiger partial charge in [-0.3, -0.25) is 9.78 Å². The number of halogens is 2. The Bertz CT molecular complexity index is 932. The lowest BCUT2D eigenvalue weighted by Crippen LogP contribution is -2.23. The molecule has 1 N–H and O–H groups in total. The molecule has 0 aliphatic carbocycles. The zero-order valence-corrected chi connectivity index (χ0v) is 16.3. The largest absolute Gasteiger partial charge is 0.324 e. The van der Waals surface area contributed by atoms with Gasteiger partial charge in [-0.15, -0.1) is 10.2 Å². The highest BCUT2D eigenvalue weighted by Gasteiger charge is 2.20.